The molecule has 0 saturated heterocycles. The third kappa shape index (κ3) is 2.56. The van der Waals surface area contributed by atoms with E-state index in [1.807, 2.05) is 0 Å². The summed E-state index contributed by atoms with van der Waals surface area (Å²) >= 11 is 0. The Bertz CT molecular complexity index is 325. The van der Waals surface area contributed by atoms with Crippen LogP contribution in [0.1, 0.15) is 25.5 Å². The lowest BCUT2D eigenvalue weighted by Crippen LogP contribution is -2.27. The van der Waals surface area contributed by atoms with Crippen LogP contribution < -0.4 is 5.73 Å². The lowest BCUT2D eigenvalue weighted by Gasteiger charge is -2.13. The van der Waals surface area contributed by atoms with Gasteiger partial charge in [-0.05, 0) is 13.8 Å². The van der Waals surface area contributed by atoms with Gasteiger partial charge in [0.1, 0.15) is 12.2 Å². The van der Waals surface area contributed by atoms with E-state index in [1.165, 1.54) is 13.3 Å². The van der Waals surface area contributed by atoms with Crippen LogP contribution >= 0.6 is 0 Å². The number of nitrogens with two attached hydrogens (primary N) is 1. The van der Waals surface area contributed by atoms with E-state index in [2.05, 4.69) is 9.72 Å². The summed E-state index contributed by atoms with van der Waals surface area (Å²) in [6, 6.07) is 0. The second kappa shape index (κ2) is 3.79. The predicted octanol–water partition coefficient (Wildman–Crippen LogP) is 0.584. The van der Waals surface area contributed by atoms with Crippen LogP contribution in [0.2, 0.25) is 0 Å². The summed E-state index contributed by atoms with van der Waals surface area (Å²) in [4.78, 5) is 14.8. The number of carbonyl (C=O) groups is 1. The van der Waals surface area contributed by atoms with Gasteiger partial charge in [-0.1, -0.05) is 0 Å². The predicted molar refractivity (Wildman–Crippen MR) is 49.4 cm³/mol. The number of ether oxygens (including phenoxy) is 1. The third-order valence-electron chi connectivity index (χ3n) is 1.71. The number of esters is 1. The molecular weight excluding hydrogens is 184 g/mol. The number of carbonyl (C=O) groups excluding carboxylic acids is 1. The second-order valence-corrected chi connectivity index (χ2v) is 3.59. The van der Waals surface area contributed by atoms with E-state index >= 15 is 0 Å². The summed E-state index contributed by atoms with van der Waals surface area (Å²) in [6.07, 6.45) is 1.56. The number of methoxy groups -OCH3 is 1. The molecule has 5 heteroatoms. The lowest BCUT2D eigenvalue weighted by molar-refractivity contribution is -0.140. The highest BCUT2D eigenvalue weighted by Gasteiger charge is 2.20. The van der Waals surface area contributed by atoms with Gasteiger partial charge in [-0.2, -0.15) is 0 Å². The number of hydrogen-bond acceptors (Lipinski definition) is 5. The van der Waals surface area contributed by atoms with Crippen LogP contribution in [0.25, 0.3) is 0 Å². The fourth-order valence-electron chi connectivity index (χ4n) is 0.886. The summed E-state index contributed by atoms with van der Waals surface area (Å²) in [7, 11) is 1.32. The first kappa shape index (κ1) is 10.7. The third-order valence-corrected chi connectivity index (χ3v) is 1.71. The average Bonchev–Trinajstić information content (AvgIpc) is 2.51. The topological polar surface area (TPSA) is 78.3 Å². The Hall–Kier alpha value is -1.36. The number of hydrogen-bond donors (Lipinski definition) is 1. The fourth-order valence-corrected chi connectivity index (χ4v) is 0.886. The van der Waals surface area contributed by atoms with Crippen molar-refractivity contribution in [2.45, 2.75) is 25.8 Å². The van der Waals surface area contributed by atoms with Crippen LogP contribution in [-0.2, 0) is 21.5 Å². The van der Waals surface area contributed by atoms with E-state index in [9.17, 15) is 4.79 Å². The molecule has 1 heterocycles. The minimum Gasteiger partial charge on any atom is -0.469 e. The molecule has 0 atom stereocenters. The largest absolute Gasteiger partial charge is 0.469 e. The van der Waals surface area contributed by atoms with Crippen LogP contribution in [0.3, 0.4) is 0 Å². The standard InChI is InChI=1S/C9H14N2O3/c1-9(2,10)6-5-11-7(14-6)4-8(12)13-3/h5H,4,10H2,1-3H3. The Morgan fingerprint density at radius 1 is 1.71 bits per heavy atom. The van der Waals surface area contributed by atoms with Gasteiger partial charge in [0.2, 0.25) is 5.89 Å². The van der Waals surface area contributed by atoms with Crippen molar-refractivity contribution in [1.29, 1.82) is 0 Å². The molecule has 0 aliphatic carbocycles. The van der Waals surface area contributed by atoms with E-state index in [1.54, 1.807) is 13.8 Å². The smallest absolute Gasteiger partial charge is 0.314 e. The van der Waals surface area contributed by atoms with Crippen LogP contribution in [-0.4, -0.2) is 18.1 Å². The van der Waals surface area contributed by atoms with Gasteiger partial charge in [-0.3, -0.25) is 4.79 Å². The van der Waals surface area contributed by atoms with Gasteiger partial charge in [-0.15, -0.1) is 0 Å². The molecule has 0 spiro atoms. The Labute approximate surface area is 82.2 Å². The van der Waals surface area contributed by atoms with Gasteiger partial charge in [0, 0.05) is 0 Å². The first-order valence-electron chi connectivity index (χ1n) is 4.24. The Kier molecular flexibility index (Phi) is 2.90. The van der Waals surface area contributed by atoms with Crippen LogP contribution in [0.15, 0.2) is 10.6 Å². The SMILES string of the molecule is COC(=O)Cc1ncc(C(C)(C)N)o1. The molecule has 0 aromatic carbocycles. The molecule has 0 unspecified atom stereocenters. The first-order valence-corrected chi connectivity index (χ1v) is 4.24. The Balaban J connectivity index is 2.74. The van der Waals surface area contributed by atoms with Crippen LogP contribution in [0.4, 0.5) is 0 Å². The van der Waals surface area contributed by atoms with E-state index in [0.717, 1.165) is 0 Å². The van der Waals surface area contributed by atoms with E-state index < -0.39 is 5.54 Å². The van der Waals surface area contributed by atoms with Crippen molar-refractivity contribution in [2.24, 2.45) is 5.73 Å². The van der Waals surface area contributed by atoms with Gasteiger partial charge < -0.3 is 14.9 Å². The molecule has 0 aliphatic rings. The average molecular weight is 198 g/mol. The molecular formula is C9H14N2O3. The Morgan fingerprint density at radius 3 is 2.79 bits per heavy atom. The Morgan fingerprint density at radius 2 is 2.36 bits per heavy atom. The molecule has 0 saturated carbocycles. The van der Waals surface area contributed by atoms with E-state index in [-0.39, 0.29) is 12.4 Å². The molecule has 14 heavy (non-hydrogen) atoms. The summed E-state index contributed by atoms with van der Waals surface area (Å²) in [6.45, 7) is 3.60. The summed E-state index contributed by atoms with van der Waals surface area (Å²) in [5.41, 5.74) is 5.20. The molecule has 0 fully saturated rings. The maximum Gasteiger partial charge on any atom is 0.314 e. The summed E-state index contributed by atoms with van der Waals surface area (Å²) < 4.78 is 9.76. The molecule has 0 radical (unpaired) electrons. The molecule has 0 aliphatic heterocycles. The normalized spacial score (nSPS) is 11.4. The van der Waals surface area contributed by atoms with E-state index in [0.29, 0.717) is 11.7 Å². The van der Waals surface area contributed by atoms with Gasteiger partial charge in [0.25, 0.3) is 0 Å². The number of aromatic nitrogens is 1. The molecule has 2 N–H and O–H groups in total. The number of nitrogens with zero attached hydrogens (tertiary/aromatic N) is 1. The number of oxazole rings is 1. The molecule has 78 valence electrons. The maximum atomic E-state index is 10.9. The highest BCUT2D eigenvalue weighted by Crippen LogP contribution is 2.17. The van der Waals surface area contributed by atoms with Crippen molar-refractivity contribution in [3.63, 3.8) is 0 Å². The summed E-state index contributed by atoms with van der Waals surface area (Å²) in [5.74, 6) is 0.495. The van der Waals surface area contributed by atoms with Crippen molar-refractivity contribution in [1.82, 2.24) is 4.98 Å². The highest BCUT2D eigenvalue weighted by atomic mass is 16.5. The van der Waals surface area contributed by atoms with Crippen molar-refractivity contribution in [2.75, 3.05) is 7.11 Å². The zero-order valence-corrected chi connectivity index (χ0v) is 8.53. The van der Waals surface area contributed by atoms with Gasteiger partial charge in [0.15, 0.2) is 0 Å². The molecule has 5 nitrogen and oxygen atoms in total. The molecule has 1 aromatic rings. The molecule has 0 bridgehead atoms. The van der Waals surface area contributed by atoms with Crippen molar-refractivity contribution in [3.05, 3.63) is 17.8 Å². The zero-order valence-electron chi connectivity index (χ0n) is 8.53. The van der Waals surface area contributed by atoms with Gasteiger partial charge in [-0.25, -0.2) is 4.98 Å². The minimum absolute atomic E-state index is 0.0343. The minimum atomic E-state index is -0.582. The summed E-state index contributed by atoms with van der Waals surface area (Å²) in [5, 5.41) is 0. The second-order valence-electron chi connectivity index (χ2n) is 3.59. The molecule has 0 amide bonds. The van der Waals surface area contributed by atoms with Crippen LogP contribution in [0.5, 0.6) is 0 Å². The monoisotopic (exact) mass is 198 g/mol. The fraction of sp³-hybridized carbons (Fsp3) is 0.556. The maximum absolute atomic E-state index is 10.9. The van der Waals surface area contributed by atoms with Gasteiger partial charge >= 0.3 is 5.97 Å². The highest BCUT2D eigenvalue weighted by molar-refractivity contribution is 5.71. The zero-order chi connectivity index (χ0) is 10.8. The molecule has 1 aromatic heterocycles. The van der Waals surface area contributed by atoms with Crippen LogP contribution in [0, 0.1) is 0 Å². The number of rotatable bonds is 3. The first-order chi connectivity index (χ1) is 6.43. The van der Waals surface area contributed by atoms with E-state index in [4.69, 9.17) is 10.2 Å². The van der Waals surface area contributed by atoms with Gasteiger partial charge in [0.05, 0.1) is 18.8 Å². The van der Waals surface area contributed by atoms with Crippen molar-refractivity contribution in [3.8, 4) is 0 Å². The lowest BCUT2D eigenvalue weighted by atomic mass is 10.1. The molecule has 1 rings (SSSR count). The quantitative estimate of drug-likeness (QED) is 0.719. The van der Waals surface area contributed by atoms with Crippen molar-refractivity contribution < 1.29 is 13.9 Å². The van der Waals surface area contributed by atoms with Crippen molar-refractivity contribution >= 4 is 5.97 Å².